The molecule has 0 aliphatic carbocycles. The summed E-state index contributed by atoms with van der Waals surface area (Å²) in [5.41, 5.74) is 5.71. The number of nitrogens with zero attached hydrogens (tertiary/aromatic N) is 3. The van der Waals surface area contributed by atoms with Crippen LogP contribution in [0.4, 0.5) is 5.82 Å². The Morgan fingerprint density at radius 1 is 1.50 bits per heavy atom. The van der Waals surface area contributed by atoms with Crippen LogP contribution < -0.4 is 5.73 Å². The Morgan fingerprint density at radius 2 is 2.23 bits per heavy atom. The summed E-state index contributed by atoms with van der Waals surface area (Å²) < 4.78 is 11.8. The van der Waals surface area contributed by atoms with Crippen LogP contribution in [0.3, 0.4) is 0 Å². The van der Waals surface area contributed by atoms with E-state index in [-0.39, 0.29) is 25.4 Å². The molecule has 2 aromatic rings. The summed E-state index contributed by atoms with van der Waals surface area (Å²) in [6.45, 7) is 2.23. The molecule has 22 heavy (non-hydrogen) atoms. The van der Waals surface area contributed by atoms with Crippen LogP contribution in [0.1, 0.15) is 18.4 Å². The van der Waals surface area contributed by atoms with Crippen LogP contribution in [-0.2, 0) is 22.5 Å². The molecule has 1 unspecified atom stereocenters. The molecule has 0 aromatic carbocycles. The molecule has 0 aliphatic rings. The number of hydrogen-bond donors (Lipinski definition) is 1. The molecule has 0 spiro atoms. The molecule has 2 N–H and O–H groups in total. The number of carbonyl (C=O) groups excluding carboxylic acids is 1. The van der Waals surface area contributed by atoms with Gasteiger partial charge in [-0.25, -0.2) is 0 Å². The molecule has 2 aromatic heterocycles. The highest BCUT2D eigenvalue weighted by Gasteiger charge is 2.18. The summed E-state index contributed by atoms with van der Waals surface area (Å²) in [6.07, 6.45) is 1.71. The van der Waals surface area contributed by atoms with Crippen LogP contribution >= 0.6 is 0 Å². The predicted molar refractivity (Wildman–Crippen MR) is 75.0 cm³/mol. The lowest BCUT2D eigenvalue weighted by Gasteiger charge is -2.08. The van der Waals surface area contributed by atoms with Gasteiger partial charge in [-0.3, -0.25) is 4.79 Å². The Bertz CT molecular complexity index is 663. The number of carbonyl (C=O) groups is 1. The summed E-state index contributed by atoms with van der Waals surface area (Å²) in [4.78, 5) is 21.4. The summed E-state index contributed by atoms with van der Waals surface area (Å²) in [7, 11) is 0. The Labute approximate surface area is 125 Å². The summed E-state index contributed by atoms with van der Waals surface area (Å²) in [6, 6.07) is 3.93. The number of esters is 1. The highest BCUT2D eigenvalue weighted by atomic mass is 16.6. The molecule has 118 valence electrons. The van der Waals surface area contributed by atoms with Gasteiger partial charge in [0.2, 0.25) is 0 Å². The SMILES string of the molecule is CCOC(=O)C(N)Cc1ccc(Cn2ccc([N+](=O)[O-])n2)o1. The molecule has 1 atom stereocenters. The third kappa shape index (κ3) is 3.92. The molecule has 0 fully saturated rings. The first-order valence-corrected chi connectivity index (χ1v) is 6.67. The number of ether oxygens (including phenoxy) is 1. The molecule has 0 amide bonds. The van der Waals surface area contributed by atoms with Crippen molar-refractivity contribution in [2.75, 3.05) is 6.61 Å². The van der Waals surface area contributed by atoms with Gasteiger partial charge in [-0.2, -0.15) is 4.68 Å². The van der Waals surface area contributed by atoms with E-state index in [4.69, 9.17) is 14.9 Å². The maximum absolute atomic E-state index is 11.4. The first kappa shape index (κ1) is 15.7. The number of furan rings is 1. The van der Waals surface area contributed by atoms with Gasteiger partial charge >= 0.3 is 11.8 Å². The van der Waals surface area contributed by atoms with Crippen molar-refractivity contribution in [2.45, 2.75) is 25.9 Å². The molecule has 9 heteroatoms. The second kappa shape index (κ2) is 6.85. The van der Waals surface area contributed by atoms with E-state index in [0.717, 1.165) is 0 Å². The highest BCUT2D eigenvalue weighted by Crippen LogP contribution is 2.13. The average Bonchev–Trinajstić information content (AvgIpc) is 3.09. The molecule has 0 saturated heterocycles. The minimum atomic E-state index is -0.787. The minimum Gasteiger partial charge on any atom is -0.465 e. The topological polar surface area (TPSA) is 126 Å². The van der Waals surface area contributed by atoms with Crippen LogP contribution in [0.25, 0.3) is 0 Å². The molecule has 0 saturated carbocycles. The fourth-order valence-corrected chi connectivity index (χ4v) is 1.86. The Hall–Kier alpha value is -2.68. The monoisotopic (exact) mass is 308 g/mol. The third-order valence-corrected chi connectivity index (χ3v) is 2.86. The standard InChI is InChI=1S/C13H16N4O5/c1-2-21-13(18)11(14)7-9-3-4-10(22-9)8-16-6-5-12(15-16)17(19)20/h3-6,11H,2,7-8,14H2,1H3. The van der Waals surface area contributed by atoms with Crippen LogP contribution in [-0.4, -0.2) is 33.3 Å². The van der Waals surface area contributed by atoms with Crippen LogP contribution in [0.5, 0.6) is 0 Å². The number of rotatable bonds is 7. The van der Waals surface area contributed by atoms with Crippen molar-refractivity contribution in [3.63, 3.8) is 0 Å². The molecule has 2 rings (SSSR count). The summed E-state index contributed by atoms with van der Waals surface area (Å²) >= 11 is 0. The lowest BCUT2D eigenvalue weighted by molar-refractivity contribution is -0.389. The van der Waals surface area contributed by atoms with Gasteiger partial charge in [-0.1, -0.05) is 0 Å². The number of hydrogen-bond acceptors (Lipinski definition) is 7. The van der Waals surface area contributed by atoms with Gasteiger partial charge in [0.25, 0.3) is 0 Å². The van der Waals surface area contributed by atoms with E-state index in [9.17, 15) is 14.9 Å². The Kier molecular flexibility index (Phi) is 4.89. The van der Waals surface area contributed by atoms with Crippen molar-refractivity contribution in [3.8, 4) is 0 Å². The van der Waals surface area contributed by atoms with E-state index in [2.05, 4.69) is 5.10 Å². The second-order valence-corrected chi connectivity index (χ2v) is 4.56. The second-order valence-electron chi connectivity index (χ2n) is 4.56. The lowest BCUT2D eigenvalue weighted by Crippen LogP contribution is -2.34. The first-order valence-electron chi connectivity index (χ1n) is 6.67. The van der Waals surface area contributed by atoms with Gasteiger partial charge in [0.05, 0.1) is 24.0 Å². The van der Waals surface area contributed by atoms with Crippen LogP contribution in [0.2, 0.25) is 0 Å². The van der Waals surface area contributed by atoms with E-state index in [0.29, 0.717) is 11.5 Å². The van der Waals surface area contributed by atoms with Gasteiger partial charge in [-0.05, 0) is 24.0 Å². The van der Waals surface area contributed by atoms with Gasteiger partial charge in [0.15, 0.2) is 0 Å². The van der Waals surface area contributed by atoms with Gasteiger partial charge in [0, 0.05) is 6.42 Å². The van der Waals surface area contributed by atoms with E-state index in [1.807, 2.05) is 0 Å². The third-order valence-electron chi connectivity index (χ3n) is 2.86. The van der Waals surface area contributed by atoms with E-state index >= 15 is 0 Å². The predicted octanol–water partition coefficient (Wildman–Crippen LogP) is 0.865. The minimum absolute atomic E-state index is 0.220. The molecule has 0 bridgehead atoms. The molecule has 9 nitrogen and oxygen atoms in total. The Balaban J connectivity index is 1.96. The zero-order chi connectivity index (χ0) is 16.1. The van der Waals surface area contributed by atoms with E-state index in [1.165, 1.54) is 16.9 Å². The van der Waals surface area contributed by atoms with Crippen molar-refractivity contribution in [1.29, 1.82) is 0 Å². The van der Waals surface area contributed by atoms with Crippen molar-refractivity contribution in [3.05, 3.63) is 46.0 Å². The fraction of sp³-hybridized carbons (Fsp3) is 0.385. The van der Waals surface area contributed by atoms with Gasteiger partial charge in [-0.15, -0.1) is 0 Å². The first-order chi connectivity index (χ1) is 10.5. The van der Waals surface area contributed by atoms with Crippen molar-refractivity contribution < 1.29 is 18.9 Å². The molecular weight excluding hydrogens is 292 g/mol. The zero-order valence-corrected chi connectivity index (χ0v) is 12.0. The van der Waals surface area contributed by atoms with Crippen LogP contribution in [0, 0.1) is 10.1 Å². The normalized spacial score (nSPS) is 12.1. The maximum Gasteiger partial charge on any atom is 0.389 e. The maximum atomic E-state index is 11.4. The quantitative estimate of drug-likeness (QED) is 0.456. The molecule has 0 aliphatic heterocycles. The van der Waals surface area contributed by atoms with Gasteiger partial charge < -0.3 is 25.0 Å². The largest absolute Gasteiger partial charge is 0.465 e. The highest BCUT2D eigenvalue weighted by molar-refractivity contribution is 5.75. The molecular formula is C13H16N4O5. The van der Waals surface area contributed by atoms with Crippen molar-refractivity contribution >= 4 is 11.8 Å². The zero-order valence-electron chi connectivity index (χ0n) is 12.0. The number of aromatic nitrogens is 2. The summed E-state index contributed by atoms with van der Waals surface area (Å²) in [5.74, 6) is 0.389. The van der Waals surface area contributed by atoms with Crippen molar-refractivity contribution in [1.82, 2.24) is 9.78 Å². The van der Waals surface area contributed by atoms with E-state index < -0.39 is 16.9 Å². The molecule has 2 heterocycles. The summed E-state index contributed by atoms with van der Waals surface area (Å²) in [5, 5.41) is 14.3. The smallest absolute Gasteiger partial charge is 0.389 e. The number of nitro groups is 1. The lowest BCUT2D eigenvalue weighted by atomic mass is 10.2. The van der Waals surface area contributed by atoms with E-state index in [1.54, 1.807) is 19.1 Å². The number of nitrogens with two attached hydrogens (primary N) is 1. The average molecular weight is 308 g/mol. The van der Waals surface area contributed by atoms with Gasteiger partial charge in [0.1, 0.15) is 24.1 Å². The Morgan fingerprint density at radius 3 is 2.86 bits per heavy atom. The van der Waals surface area contributed by atoms with Crippen LogP contribution in [0.15, 0.2) is 28.8 Å². The molecule has 0 radical (unpaired) electrons. The fourth-order valence-electron chi connectivity index (χ4n) is 1.86. The van der Waals surface area contributed by atoms with Crippen molar-refractivity contribution in [2.24, 2.45) is 5.73 Å².